The zero-order valence-corrected chi connectivity index (χ0v) is 8.94. The van der Waals surface area contributed by atoms with Gasteiger partial charge in [-0.05, 0) is 12.1 Å². The first-order valence-electron chi connectivity index (χ1n) is 4.58. The highest BCUT2D eigenvalue weighted by atomic mass is 35.5. The number of rotatable bonds is 3. The van der Waals surface area contributed by atoms with Crippen molar-refractivity contribution in [3.63, 3.8) is 0 Å². The van der Waals surface area contributed by atoms with Crippen molar-refractivity contribution in [2.75, 3.05) is 0 Å². The summed E-state index contributed by atoms with van der Waals surface area (Å²) < 4.78 is 4.90. The molecule has 0 fully saturated rings. The van der Waals surface area contributed by atoms with E-state index in [1.807, 2.05) is 0 Å². The number of nitrogens with zero attached hydrogens (tertiary/aromatic N) is 1. The Labute approximate surface area is 96.4 Å². The molecular formula is C11H8ClNO3. The van der Waals surface area contributed by atoms with Crippen LogP contribution in [0, 0.1) is 0 Å². The molecule has 1 N–H and O–H groups in total. The molecule has 1 aromatic heterocycles. The topological polar surface area (TPSA) is 63.3 Å². The normalized spacial score (nSPS) is 10.3. The second-order valence-electron chi connectivity index (χ2n) is 3.26. The maximum atomic E-state index is 10.5. The summed E-state index contributed by atoms with van der Waals surface area (Å²) in [6.07, 6.45) is -0.166. The van der Waals surface area contributed by atoms with Gasteiger partial charge in [-0.2, -0.15) is 0 Å². The molecule has 16 heavy (non-hydrogen) atoms. The van der Waals surface area contributed by atoms with Crippen molar-refractivity contribution in [2.24, 2.45) is 0 Å². The summed E-state index contributed by atoms with van der Waals surface area (Å²) in [5.74, 6) is -0.615. The molecule has 1 heterocycles. The van der Waals surface area contributed by atoms with Gasteiger partial charge in [0.2, 0.25) is 0 Å². The molecule has 0 spiro atoms. The van der Waals surface area contributed by atoms with Gasteiger partial charge in [-0.15, -0.1) is 0 Å². The monoisotopic (exact) mass is 237 g/mol. The average molecular weight is 238 g/mol. The van der Waals surface area contributed by atoms with E-state index in [1.165, 1.54) is 0 Å². The molecule has 0 atom stereocenters. The van der Waals surface area contributed by atoms with Crippen LogP contribution < -0.4 is 0 Å². The van der Waals surface area contributed by atoms with E-state index < -0.39 is 5.97 Å². The third-order valence-electron chi connectivity index (χ3n) is 2.02. The van der Waals surface area contributed by atoms with Gasteiger partial charge in [-0.3, -0.25) is 4.79 Å². The second-order valence-corrected chi connectivity index (χ2v) is 3.69. The van der Waals surface area contributed by atoms with Crippen LogP contribution in [-0.4, -0.2) is 16.2 Å². The summed E-state index contributed by atoms with van der Waals surface area (Å²) in [5.41, 5.74) is 1.44. The number of benzene rings is 1. The Bertz CT molecular complexity index is 504. The highest BCUT2D eigenvalue weighted by Crippen LogP contribution is 2.21. The standard InChI is InChI=1S/C11H8ClNO3/c12-8-3-1-7(2-4-8)10-5-9(16-13-10)6-11(14)15/h1-5H,6H2,(H,14,15). The van der Waals surface area contributed by atoms with E-state index in [4.69, 9.17) is 21.2 Å². The van der Waals surface area contributed by atoms with E-state index in [9.17, 15) is 4.79 Å². The van der Waals surface area contributed by atoms with Crippen LogP contribution in [0.3, 0.4) is 0 Å². The fourth-order valence-corrected chi connectivity index (χ4v) is 1.43. The number of carboxylic acid groups (broad SMARTS) is 1. The summed E-state index contributed by atoms with van der Waals surface area (Å²) in [6, 6.07) is 8.68. The third kappa shape index (κ3) is 2.41. The van der Waals surface area contributed by atoms with Crippen molar-refractivity contribution in [1.29, 1.82) is 0 Å². The van der Waals surface area contributed by atoms with Crippen molar-refractivity contribution in [2.45, 2.75) is 6.42 Å². The highest BCUT2D eigenvalue weighted by Gasteiger charge is 2.09. The van der Waals surface area contributed by atoms with Crippen LogP contribution in [0.5, 0.6) is 0 Å². The fraction of sp³-hybridized carbons (Fsp3) is 0.0909. The predicted molar refractivity (Wildman–Crippen MR) is 58.3 cm³/mol. The molecule has 0 aliphatic heterocycles. The van der Waals surface area contributed by atoms with Crippen molar-refractivity contribution in [3.8, 4) is 11.3 Å². The van der Waals surface area contributed by atoms with Crippen LogP contribution in [0.4, 0.5) is 0 Å². The highest BCUT2D eigenvalue weighted by molar-refractivity contribution is 6.30. The van der Waals surface area contributed by atoms with Gasteiger partial charge in [0.05, 0.1) is 0 Å². The molecule has 0 saturated heterocycles. The van der Waals surface area contributed by atoms with Crippen molar-refractivity contribution >= 4 is 17.6 Å². The molecular weight excluding hydrogens is 230 g/mol. The SMILES string of the molecule is O=C(O)Cc1cc(-c2ccc(Cl)cc2)no1. The van der Waals surface area contributed by atoms with Crippen LogP contribution in [0.25, 0.3) is 11.3 Å². The number of halogens is 1. The average Bonchev–Trinajstić information content (AvgIpc) is 2.66. The van der Waals surface area contributed by atoms with E-state index >= 15 is 0 Å². The van der Waals surface area contributed by atoms with Gasteiger partial charge < -0.3 is 9.63 Å². The smallest absolute Gasteiger partial charge is 0.311 e. The summed E-state index contributed by atoms with van der Waals surface area (Å²) in [6.45, 7) is 0. The minimum Gasteiger partial charge on any atom is -0.481 e. The van der Waals surface area contributed by atoms with Crippen molar-refractivity contribution in [1.82, 2.24) is 5.16 Å². The number of carbonyl (C=O) groups is 1. The Balaban J connectivity index is 2.24. The zero-order chi connectivity index (χ0) is 11.5. The molecule has 0 saturated carbocycles. The minimum absolute atomic E-state index is 0.166. The number of carboxylic acids is 1. The summed E-state index contributed by atoms with van der Waals surface area (Å²) >= 11 is 5.75. The first-order valence-corrected chi connectivity index (χ1v) is 4.96. The molecule has 4 nitrogen and oxygen atoms in total. The maximum absolute atomic E-state index is 10.5. The molecule has 0 aliphatic rings. The van der Waals surface area contributed by atoms with E-state index in [0.717, 1.165) is 5.56 Å². The molecule has 0 unspecified atom stereocenters. The lowest BCUT2D eigenvalue weighted by atomic mass is 10.1. The second kappa shape index (κ2) is 4.37. The van der Waals surface area contributed by atoms with E-state index in [1.54, 1.807) is 30.3 Å². The lowest BCUT2D eigenvalue weighted by Gasteiger charge is -1.93. The lowest BCUT2D eigenvalue weighted by molar-refractivity contribution is -0.136. The molecule has 0 radical (unpaired) electrons. The van der Waals surface area contributed by atoms with Crippen molar-refractivity contribution < 1.29 is 14.4 Å². The molecule has 5 heteroatoms. The van der Waals surface area contributed by atoms with Gasteiger partial charge in [-0.1, -0.05) is 28.9 Å². The largest absolute Gasteiger partial charge is 0.481 e. The van der Waals surface area contributed by atoms with Gasteiger partial charge in [0, 0.05) is 16.7 Å². The molecule has 0 bridgehead atoms. The number of aliphatic carboxylic acids is 1. The van der Waals surface area contributed by atoms with Gasteiger partial charge in [-0.25, -0.2) is 0 Å². The van der Waals surface area contributed by atoms with Gasteiger partial charge >= 0.3 is 5.97 Å². The van der Waals surface area contributed by atoms with Crippen LogP contribution in [0.15, 0.2) is 34.9 Å². The Morgan fingerprint density at radius 3 is 2.69 bits per heavy atom. The van der Waals surface area contributed by atoms with E-state index in [2.05, 4.69) is 5.16 Å². The predicted octanol–water partition coefficient (Wildman–Crippen LogP) is 2.62. The van der Waals surface area contributed by atoms with E-state index in [0.29, 0.717) is 16.5 Å². The van der Waals surface area contributed by atoms with Gasteiger partial charge in [0.1, 0.15) is 17.9 Å². The quantitative estimate of drug-likeness (QED) is 0.891. The number of aromatic nitrogens is 1. The van der Waals surface area contributed by atoms with Gasteiger partial charge in [0.25, 0.3) is 0 Å². The summed E-state index contributed by atoms with van der Waals surface area (Å²) in [5, 5.41) is 13.0. The lowest BCUT2D eigenvalue weighted by Crippen LogP contribution is -1.97. The Hall–Kier alpha value is -1.81. The minimum atomic E-state index is -0.946. The molecule has 0 aliphatic carbocycles. The Morgan fingerprint density at radius 1 is 1.38 bits per heavy atom. The molecule has 2 aromatic rings. The first kappa shape index (κ1) is 10.7. The Kier molecular flexibility index (Phi) is 2.92. The number of hydrogen-bond donors (Lipinski definition) is 1. The molecule has 82 valence electrons. The zero-order valence-electron chi connectivity index (χ0n) is 8.18. The molecule has 1 aromatic carbocycles. The van der Waals surface area contributed by atoms with Crippen LogP contribution >= 0.6 is 11.6 Å². The first-order chi connectivity index (χ1) is 7.65. The molecule has 2 rings (SSSR count). The molecule has 0 amide bonds. The van der Waals surface area contributed by atoms with Crippen LogP contribution in [0.2, 0.25) is 5.02 Å². The van der Waals surface area contributed by atoms with E-state index in [-0.39, 0.29) is 6.42 Å². The summed E-state index contributed by atoms with van der Waals surface area (Å²) in [4.78, 5) is 10.5. The fourth-order valence-electron chi connectivity index (χ4n) is 1.30. The summed E-state index contributed by atoms with van der Waals surface area (Å²) in [7, 11) is 0. The maximum Gasteiger partial charge on any atom is 0.311 e. The number of hydrogen-bond acceptors (Lipinski definition) is 3. The third-order valence-corrected chi connectivity index (χ3v) is 2.28. The Morgan fingerprint density at radius 2 is 2.06 bits per heavy atom. The van der Waals surface area contributed by atoms with Crippen molar-refractivity contribution in [3.05, 3.63) is 41.1 Å². The van der Waals surface area contributed by atoms with Gasteiger partial charge in [0.15, 0.2) is 0 Å². The van der Waals surface area contributed by atoms with Crippen LogP contribution in [0.1, 0.15) is 5.76 Å². The van der Waals surface area contributed by atoms with Crippen LogP contribution in [-0.2, 0) is 11.2 Å².